The lowest BCUT2D eigenvalue weighted by Crippen LogP contribution is -1.84. The third-order valence-corrected chi connectivity index (χ3v) is 0. The van der Waals surface area contributed by atoms with Crippen molar-refractivity contribution in [2.45, 2.75) is 39.3 Å². The second-order valence-electron chi connectivity index (χ2n) is 3.73. The summed E-state index contributed by atoms with van der Waals surface area (Å²) in [5.74, 6) is 0. The van der Waals surface area contributed by atoms with Crippen molar-refractivity contribution < 1.29 is 14.7 Å². The van der Waals surface area contributed by atoms with Gasteiger partial charge in [-0.15, -0.1) is 0 Å². The molecule has 0 aromatic heterocycles. The van der Waals surface area contributed by atoms with Crippen LogP contribution in [0, 0.1) is 0 Å². The number of hydrogen-bond donors (Lipinski definition) is 3. The van der Waals surface area contributed by atoms with Crippen LogP contribution in [0.25, 0.3) is 0 Å². The molecule has 0 aromatic carbocycles. The summed E-state index contributed by atoms with van der Waals surface area (Å²) in [5.41, 5.74) is 0. The van der Waals surface area contributed by atoms with Gasteiger partial charge in [0.25, 0.3) is 0 Å². The number of hydrogen-bond acceptors (Lipinski definition) is 3. The van der Waals surface area contributed by atoms with Crippen LogP contribution in [0.1, 0.15) is 0 Å². The Kier molecular flexibility index (Phi) is 22.0. The van der Waals surface area contributed by atoms with Gasteiger partial charge in [0.15, 0.2) is 0 Å². The summed E-state index contributed by atoms with van der Waals surface area (Å²) in [4.78, 5) is 21.7. The average Bonchev–Trinajstić information content (AvgIpc) is 1.54. The van der Waals surface area contributed by atoms with Crippen molar-refractivity contribution in [3.05, 3.63) is 0 Å². The fourth-order valence-electron chi connectivity index (χ4n) is 0. The Morgan fingerprint density at radius 1 is 0.667 bits per heavy atom. The van der Waals surface area contributed by atoms with Crippen molar-refractivity contribution in [2.75, 3.05) is 0 Å². The van der Waals surface area contributed by atoms with Gasteiger partial charge in [0.1, 0.15) is 0 Å². The predicted octanol–water partition coefficient (Wildman–Crippen LogP) is 1.40. The highest BCUT2D eigenvalue weighted by Gasteiger charge is 1.76. The molecule has 0 heterocycles. The Morgan fingerprint density at radius 2 is 0.667 bits per heavy atom. The normalized spacial score (nSPS) is 9.00. The van der Waals surface area contributed by atoms with Crippen molar-refractivity contribution in [3.63, 3.8) is 0 Å². The molecule has 0 amide bonds. The first-order chi connectivity index (χ1) is 5.20. The highest BCUT2D eigenvalue weighted by molar-refractivity contribution is 7.38. The minimum Gasteiger partial charge on any atom is -0.328 e. The maximum Gasteiger partial charge on any atom is 0.324 e. The van der Waals surface area contributed by atoms with Gasteiger partial charge in [0.2, 0.25) is 0 Å². The lowest BCUT2D eigenvalue weighted by atomic mass is 11.8. The predicted molar refractivity (Wildman–Crippen MR) is 63.1 cm³/mol. The molecule has 0 fully saturated rings. The first-order valence-corrected chi connectivity index (χ1v) is 12.2. The SMILES string of the molecule is C[SiH](C)C.C[SiH](C)C.OP(O)O. The van der Waals surface area contributed by atoms with E-state index < -0.39 is 8.60 Å². The van der Waals surface area contributed by atoms with Crippen molar-refractivity contribution in [3.8, 4) is 0 Å². The summed E-state index contributed by atoms with van der Waals surface area (Å²) in [5, 5.41) is 0. The van der Waals surface area contributed by atoms with Gasteiger partial charge < -0.3 is 14.7 Å². The van der Waals surface area contributed by atoms with E-state index in [4.69, 9.17) is 14.7 Å². The van der Waals surface area contributed by atoms with E-state index in [1.165, 1.54) is 0 Å². The summed E-state index contributed by atoms with van der Waals surface area (Å²) < 4.78 is 0. The molecule has 0 atom stereocenters. The summed E-state index contributed by atoms with van der Waals surface area (Å²) in [6.45, 7) is 13.8. The average molecular weight is 230 g/mol. The molecule has 0 spiro atoms. The quantitative estimate of drug-likeness (QED) is 0.435. The first-order valence-electron chi connectivity index (χ1n) is 4.06. The maximum atomic E-state index is 7.23. The zero-order valence-electron chi connectivity index (χ0n) is 8.94. The van der Waals surface area contributed by atoms with E-state index in [0.717, 1.165) is 0 Å². The largest absolute Gasteiger partial charge is 0.328 e. The molecule has 0 saturated carbocycles. The molecule has 6 heteroatoms. The summed E-state index contributed by atoms with van der Waals surface area (Å²) in [6.07, 6.45) is 0. The van der Waals surface area contributed by atoms with Crippen LogP contribution in [0.3, 0.4) is 0 Å². The molecule has 0 aliphatic heterocycles. The van der Waals surface area contributed by atoms with Crippen molar-refractivity contribution in [1.82, 2.24) is 0 Å². The summed E-state index contributed by atoms with van der Waals surface area (Å²) >= 11 is 0. The molecule has 0 aliphatic carbocycles. The summed E-state index contributed by atoms with van der Waals surface area (Å²) in [7, 11) is -2.90. The van der Waals surface area contributed by atoms with Crippen LogP contribution in [0.15, 0.2) is 0 Å². The molecule has 12 heavy (non-hydrogen) atoms. The topological polar surface area (TPSA) is 60.7 Å². The van der Waals surface area contributed by atoms with Gasteiger partial charge in [0.05, 0.1) is 0 Å². The summed E-state index contributed by atoms with van der Waals surface area (Å²) in [6, 6.07) is 0. The molecule has 0 rings (SSSR count). The van der Waals surface area contributed by atoms with E-state index in [1.54, 1.807) is 0 Å². The lowest BCUT2D eigenvalue weighted by Gasteiger charge is -1.76. The third-order valence-electron chi connectivity index (χ3n) is 0. The molecule has 0 unspecified atom stereocenters. The molecule has 3 nitrogen and oxygen atoms in total. The molecule has 78 valence electrons. The van der Waals surface area contributed by atoms with E-state index in [0.29, 0.717) is 0 Å². The Hall–Kier alpha value is 0.744. The Labute approximate surface area is 80.7 Å². The molecular weight excluding hydrogens is 207 g/mol. The van der Waals surface area contributed by atoms with Crippen LogP contribution in [-0.4, -0.2) is 32.3 Å². The highest BCUT2D eigenvalue weighted by Crippen LogP contribution is 2.11. The molecule has 0 bridgehead atoms. The van der Waals surface area contributed by atoms with Gasteiger partial charge in [-0.25, -0.2) is 0 Å². The number of rotatable bonds is 0. The van der Waals surface area contributed by atoms with Gasteiger partial charge in [-0.1, -0.05) is 39.3 Å². The van der Waals surface area contributed by atoms with Gasteiger partial charge in [-0.2, -0.15) is 0 Å². The molecule has 0 aliphatic rings. The second kappa shape index (κ2) is 14.3. The zero-order chi connectivity index (χ0) is 10.7. The van der Waals surface area contributed by atoms with Crippen molar-refractivity contribution >= 4 is 26.2 Å². The van der Waals surface area contributed by atoms with Gasteiger partial charge >= 0.3 is 8.60 Å². The molecule has 0 radical (unpaired) electrons. The van der Waals surface area contributed by atoms with Crippen LogP contribution < -0.4 is 0 Å². The van der Waals surface area contributed by atoms with Gasteiger partial charge in [0, 0.05) is 17.6 Å². The lowest BCUT2D eigenvalue weighted by molar-refractivity contribution is 0.368. The second-order valence-corrected chi connectivity index (χ2v) is 11.2. The van der Waals surface area contributed by atoms with E-state index in [9.17, 15) is 0 Å². The van der Waals surface area contributed by atoms with Crippen molar-refractivity contribution in [2.24, 2.45) is 0 Å². The highest BCUT2D eigenvalue weighted by atomic mass is 31.2. The molecular formula is C6H23O3PSi2. The third kappa shape index (κ3) is 1840. The van der Waals surface area contributed by atoms with Gasteiger partial charge in [-0.05, 0) is 0 Å². The standard InChI is InChI=1S/2C3H10Si.H3O3P/c3*1-4(2)3/h2*4H,1-3H3;1-3H. The minimum atomic E-state index is -2.62. The fourth-order valence-corrected chi connectivity index (χ4v) is 0. The zero-order valence-corrected chi connectivity index (χ0v) is 12.1. The van der Waals surface area contributed by atoms with Crippen LogP contribution in [0.5, 0.6) is 0 Å². The van der Waals surface area contributed by atoms with Crippen molar-refractivity contribution in [1.29, 1.82) is 0 Å². The van der Waals surface area contributed by atoms with E-state index in [1.807, 2.05) is 0 Å². The Morgan fingerprint density at radius 3 is 0.667 bits per heavy atom. The van der Waals surface area contributed by atoms with Crippen LogP contribution in [0.4, 0.5) is 0 Å². The smallest absolute Gasteiger partial charge is 0.324 e. The molecule has 3 N–H and O–H groups in total. The van der Waals surface area contributed by atoms with Gasteiger partial charge in [-0.3, -0.25) is 0 Å². The molecule has 0 aromatic rings. The fraction of sp³-hybridized carbons (Fsp3) is 1.00. The van der Waals surface area contributed by atoms with Crippen LogP contribution in [0.2, 0.25) is 39.3 Å². The maximum absolute atomic E-state index is 7.23. The molecule has 0 saturated heterocycles. The van der Waals surface area contributed by atoms with E-state index in [2.05, 4.69) is 39.3 Å². The van der Waals surface area contributed by atoms with E-state index in [-0.39, 0.29) is 17.6 Å². The van der Waals surface area contributed by atoms with Crippen LogP contribution in [-0.2, 0) is 0 Å². The van der Waals surface area contributed by atoms with Crippen LogP contribution >= 0.6 is 8.60 Å². The Bertz CT molecular complexity index is 49.3. The Balaban J connectivity index is -0.000000101. The first kappa shape index (κ1) is 18.5. The monoisotopic (exact) mass is 230 g/mol. The van der Waals surface area contributed by atoms with E-state index >= 15 is 0 Å². The minimum absolute atomic E-state index is 0.139.